The second kappa shape index (κ2) is 10.6. The van der Waals surface area contributed by atoms with Crippen LogP contribution >= 0.6 is 11.3 Å². The summed E-state index contributed by atoms with van der Waals surface area (Å²) in [5.74, 6) is 0.649. The van der Waals surface area contributed by atoms with Crippen molar-refractivity contribution in [2.45, 2.75) is 19.4 Å². The number of thiazole rings is 1. The van der Waals surface area contributed by atoms with E-state index in [1.807, 2.05) is 49.4 Å². The molecule has 0 saturated heterocycles. The molecule has 0 bridgehead atoms. The molecule has 1 atom stereocenters. The summed E-state index contributed by atoms with van der Waals surface area (Å²) in [5.41, 5.74) is 2.35. The second-order valence-electron chi connectivity index (χ2n) is 7.71. The highest BCUT2D eigenvalue weighted by atomic mass is 32.1. The first-order chi connectivity index (χ1) is 17.0. The van der Waals surface area contributed by atoms with Crippen molar-refractivity contribution >= 4 is 23.4 Å². The van der Waals surface area contributed by atoms with Gasteiger partial charge in [-0.15, -0.1) is 0 Å². The maximum Gasteiger partial charge on any atom is 0.338 e. The molecule has 1 aliphatic heterocycles. The summed E-state index contributed by atoms with van der Waals surface area (Å²) in [6.45, 7) is 5.95. The minimum Gasteiger partial charge on any atom is -0.493 e. The van der Waals surface area contributed by atoms with Crippen LogP contribution in [-0.4, -0.2) is 31.4 Å². The average molecular weight is 491 g/mol. The number of fused-ring (bicyclic) bond motifs is 1. The van der Waals surface area contributed by atoms with Crippen molar-refractivity contribution in [3.63, 3.8) is 0 Å². The molecule has 0 fully saturated rings. The highest BCUT2D eigenvalue weighted by Crippen LogP contribution is 2.32. The monoisotopic (exact) mass is 490 g/mol. The number of hydrogen-bond acceptors (Lipinski definition) is 7. The lowest BCUT2D eigenvalue weighted by Gasteiger charge is -2.25. The number of ether oxygens (including phenoxy) is 3. The van der Waals surface area contributed by atoms with Crippen LogP contribution in [0.25, 0.3) is 6.08 Å². The van der Waals surface area contributed by atoms with Crippen LogP contribution in [0.4, 0.5) is 0 Å². The molecule has 0 amide bonds. The first-order valence-corrected chi connectivity index (χ1v) is 11.9. The Labute approximate surface area is 206 Å². The van der Waals surface area contributed by atoms with Crippen LogP contribution in [0.5, 0.6) is 11.5 Å². The molecule has 3 aromatic rings. The molecule has 35 heavy (non-hydrogen) atoms. The normalized spacial score (nSPS) is 15.3. The summed E-state index contributed by atoms with van der Waals surface area (Å²) in [4.78, 5) is 31.7. The number of aromatic nitrogens is 1. The minimum absolute atomic E-state index is 0.231. The van der Waals surface area contributed by atoms with Gasteiger partial charge in [0.05, 0.1) is 36.1 Å². The van der Waals surface area contributed by atoms with Gasteiger partial charge >= 0.3 is 5.97 Å². The summed E-state index contributed by atoms with van der Waals surface area (Å²) >= 11 is 1.28. The predicted octanol–water partition coefficient (Wildman–Crippen LogP) is 3.37. The fourth-order valence-electron chi connectivity index (χ4n) is 4.01. The molecular weight excluding hydrogens is 464 g/mol. The van der Waals surface area contributed by atoms with Crippen LogP contribution < -0.4 is 24.4 Å². The predicted molar refractivity (Wildman–Crippen MR) is 136 cm³/mol. The molecule has 0 radical (unpaired) electrons. The van der Waals surface area contributed by atoms with Gasteiger partial charge in [-0.3, -0.25) is 9.36 Å². The molecular formula is C27H26N2O5S. The van der Waals surface area contributed by atoms with Crippen molar-refractivity contribution in [1.29, 1.82) is 0 Å². The lowest BCUT2D eigenvalue weighted by atomic mass is 9.95. The quantitative estimate of drug-likeness (QED) is 0.357. The molecule has 0 spiro atoms. The number of nitrogens with zero attached hydrogens (tertiary/aromatic N) is 2. The third-order valence-electron chi connectivity index (χ3n) is 5.61. The summed E-state index contributed by atoms with van der Waals surface area (Å²) in [5, 5.41) is 0. The fraction of sp³-hybridized carbons (Fsp3) is 0.222. The Balaban J connectivity index is 1.90. The largest absolute Gasteiger partial charge is 0.493 e. The fourth-order valence-corrected chi connectivity index (χ4v) is 5.03. The third kappa shape index (κ3) is 4.70. The summed E-state index contributed by atoms with van der Waals surface area (Å²) in [6.07, 6.45) is 3.98. The van der Waals surface area contributed by atoms with Crippen molar-refractivity contribution in [1.82, 2.24) is 4.57 Å². The van der Waals surface area contributed by atoms with Crippen LogP contribution in [-0.2, 0) is 9.53 Å². The van der Waals surface area contributed by atoms with Crippen LogP contribution in [0.2, 0.25) is 0 Å². The van der Waals surface area contributed by atoms with E-state index in [4.69, 9.17) is 14.2 Å². The molecule has 1 aliphatic rings. The number of esters is 1. The number of carbonyl (C=O) groups excluding carboxylic acids is 1. The van der Waals surface area contributed by atoms with E-state index in [0.29, 0.717) is 45.1 Å². The number of methoxy groups -OCH3 is 2. The Morgan fingerprint density at radius 2 is 1.94 bits per heavy atom. The van der Waals surface area contributed by atoms with Gasteiger partial charge in [-0.05, 0) is 35.8 Å². The second-order valence-corrected chi connectivity index (χ2v) is 8.72. The van der Waals surface area contributed by atoms with E-state index in [2.05, 4.69) is 11.6 Å². The van der Waals surface area contributed by atoms with Crippen molar-refractivity contribution < 1.29 is 19.0 Å². The maximum atomic E-state index is 13.7. The number of rotatable bonds is 8. The molecule has 1 aromatic heterocycles. The molecule has 0 unspecified atom stereocenters. The summed E-state index contributed by atoms with van der Waals surface area (Å²) in [6, 6.07) is 14.3. The van der Waals surface area contributed by atoms with Gasteiger partial charge in [0, 0.05) is 0 Å². The van der Waals surface area contributed by atoms with E-state index in [1.54, 1.807) is 29.9 Å². The molecule has 180 valence electrons. The van der Waals surface area contributed by atoms with Crippen molar-refractivity contribution in [2.24, 2.45) is 4.99 Å². The smallest absolute Gasteiger partial charge is 0.338 e. The Morgan fingerprint density at radius 3 is 2.60 bits per heavy atom. The van der Waals surface area contributed by atoms with Gasteiger partial charge in [0.2, 0.25) is 0 Å². The third-order valence-corrected chi connectivity index (χ3v) is 6.59. The zero-order valence-corrected chi connectivity index (χ0v) is 20.6. The summed E-state index contributed by atoms with van der Waals surface area (Å²) < 4.78 is 18.2. The van der Waals surface area contributed by atoms with Gasteiger partial charge in [0.25, 0.3) is 5.56 Å². The maximum absolute atomic E-state index is 13.7. The topological polar surface area (TPSA) is 79.1 Å². The van der Waals surface area contributed by atoms with Gasteiger partial charge in [0.15, 0.2) is 16.3 Å². The highest BCUT2D eigenvalue weighted by molar-refractivity contribution is 7.07. The Bertz CT molecular complexity index is 1470. The Hall–Kier alpha value is -3.91. The van der Waals surface area contributed by atoms with Gasteiger partial charge in [-0.2, -0.15) is 0 Å². The zero-order valence-electron chi connectivity index (χ0n) is 19.8. The minimum atomic E-state index is -0.624. The van der Waals surface area contributed by atoms with E-state index in [1.165, 1.54) is 18.4 Å². The number of carbonyl (C=O) groups is 1. The first-order valence-electron chi connectivity index (χ1n) is 11.1. The van der Waals surface area contributed by atoms with Crippen molar-refractivity contribution in [3.8, 4) is 11.5 Å². The van der Waals surface area contributed by atoms with E-state index in [9.17, 15) is 9.59 Å². The number of benzene rings is 2. The molecule has 0 aliphatic carbocycles. The summed E-state index contributed by atoms with van der Waals surface area (Å²) in [7, 11) is 2.90. The molecule has 2 aromatic carbocycles. The first kappa shape index (κ1) is 24.2. The van der Waals surface area contributed by atoms with E-state index in [0.717, 1.165) is 11.1 Å². The zero-order chi connectivity index (χ0) is 24.9. The molecule has 8 heteroatoms. The van der Waals surface area contributed by atoms with E-state index >= 15 is 0 Å². The van der Waals surface area contributed by atoms with Gasteiger partial charge in [0.1, 0.15) is 6.61 Å². The van der Waals surface area contributed by atoms with Crippen molar-refractivity contribution in [2.75, 3.05) is 20.8 Å². The van der Waals surface area contributed by atoms with Gasteiger partial charge in [-0.25, -0.2) is 9.79 Å². The van der Waals surface area contributed by atoms with E-state index < -0.39 is 12.0 Å². The highest BCUT2D eigenvalue weighted by Gasteiger charge is 2.33. The van der Waals surface area contributed by atoms with E-state index in [-0.39, 0.29) is 5.56 Å². The Morgan fingerprint density at radius 1 is 1.17 bits per heavy atom. The SMILES string of the molecule is C=CCOc1ccc(/C=c2\sc3n(c2=O)[C@@H](c2ccccc2)C(C(=O)OC)=C(CC)N=3)cc1OC. The molecule has 7 nitrogen and oxygen atoms in total. The van der Waals surface area contributed by atoms with Gasteiger partial charge in [-0.1, -0.05) is 67.3 Å². The molecule has 0 saturated carbocycles. The number of allylic oxidation sites excluding steroid dienone is 1. The lowest BCUT2D eigenvalue weighted by molar-refractivity contribution is -0.136. The molecule has 2 heterocycles. The Kier molecular flexibility index (Phi) is 7.31. The molecule has 4 rings (SSSR count). The standard InChI is InChI=1S/C27H26N2O5S/c1-5-14-34-20-13-12-17(15-21(20)32-3)16-22-25(30)29-24(18-10-8-7-9-11-18)23(26(31)33-4)19(6-2)28-27(29)35-22/h5,7-13,15-16,24H,1,6,14H2,2-4H3/b22-16-/t24-/m0/s1. The van der Waals surface area contributed by atoms with Crippen LogP contribution in [0.1, 0.15) is 30.5 Å². The van der Waals surface area contributed by atoms with Crippen molar-refractivity contribution in [3.05, 3.63) is 103 Å². The van der Waals surface area contributed by atoms with Crippen LogP contribution in [0.3, 0.4) is 0 Å². The lowest BCUT2D eigenvalue weighted by Crippen LogP contribution is -2.40. The average Bonchev–Trinajstić information content (AvgIpc) is 3.20. The van der Waals surface area contributed by atoms with Gasteiger partial charge < -0.3 is 14.2 Å². The van der Waals surface area contributed by atoms with Crippen LogP contribution in [0.15, 0.2) is 82.2 Å². The van der Waals surface area contributed by atoms with Crippen LogP contribution in [0, 0.1) is 0 Å². The molecule has 0 N–H and O–H groups in total. The number of hydrogen-bond donors (Lipinski definition) is 0.